The fraction of sp³-hybridized carbons (Fsp3) is 0.667. The Labute approximate surface area is 150 Å². The van der Waals surface area contributed by atoms with Gasteiger partial charge in [0.1, 0.15) is 18.0 Å². The molecular formula is C21H30O4. The van der Waals surface area contributed by atoms with Gasteiger partial charge in [-0.05, 0) is 50.0 Å². The largest absolute Gasteiger partial charge is 0.489 e. The van der Waals surface area contributed by atoms with Gasteiger partial charge in [0.2, 0.25) is 0 Å². The van der Waals surface area contributed by atoms with Gasteiger partial charge in [-0.25, -0.2) is 0 Å². The molecule has 0 bridgehead atoms. The molecule has 3 rings (SSSR count). The van der Waals surface area contributed by atoms with E-state index >= 15 is 0 Å². The number of unbranched alkanes of at least 4 members (excludes halogenated alkanes) is 2. The van der Waals surface area contributed by atoms with Crippen LogP contribution in [-0.2, 0) is 14.3 Å². The van der Waals surface area contributed by atoms with Gasteiger partial charge in [0, 0.05) is 12.3 Å². The topological polar surface area (TPSA) is 55.8 Å². The Morgan fingerprint density at radius 2 is 2.24 bits per heavy atom. The van der Waals surface area contributed by atoms with Crippen molar-refractivity contribution in [2.24, 2.45) is 11.8 Å². The normalized spacial score (nSPS) is 32.8. The summed E-state index contributed by atoms with van der Waals surface area (Å²) < 4.78 is 11.6. The summed E-state index contributed by atoms with van der Waals surface area (Å²) in [6.45, 7) is 6.69. The number of fused-ring (bicyclic) bond motifs is 1. The fourth-order valence-electron chi connectivity index (χ4n) is 4.50. The number of hydrogen-bond acceptors (Lipinski definition) is 4. The van der Waals surface area contributed by atoms with E-state index in [1.807, 2.05) is 26.0 Å². The quantitative estimate of drug-likeness (QED) is 0.582. The molecule has 1 unspecified atom stereocenters. The number of carbonyl (C=O) groups is 1. The molecule has 1 N–H and O–H groups in total. The fourth-order valence-corrected chi connectivity index (χ4v) is 4.50. The Balaban J connectivity index is 1.80. The van der Waals surface area contributed by atoms with E-state index in [9.17, 15) is 9.90 Å². The van der Waals surface area contributed by atoms with Gasteiger partial charge in [0.15, 0.2) is 0 Å². The number of rotatable bonds is 6. The molecule has 0 amide bonds. The maximum Gasteiger partial charge on any atom is 0.312 e. The number of ether oxygens (including phenoxy) is 2. The van der Waals surface area contributed by atoms with Crippen molar-refractivity contribution in [1.82, 2.24) is 0 Å². The molecule has 2 aliphatic heterocycles. The average Bonchev–Trinajstić information content (AvgIpc) is 2.82. The lowest BCUT2D eigenvalue weighted by Crippen LogP contribution is -2.41. The zero-order valence-electron chi connectivity index (χ0n) is 15.6. The Kier molecular flexibility index (Phi) is 5.38. The lowest BCUT2D eigenvalue weighted by molar-refractivity contribution is -0.151. The van der Waals surface area contributed by atoms with Crippen LogP contribution >= 0.6 is 0 Å². The van der Waals surface area contributed by atoms with Crippen LogP contribution in [0, 0.1) is 11.8 Å². The van der Waals surface area contributed by atoms with Crippen molar-refractivity contribution < 1.29 is 19.4 Å². The zero-order chi connectivity index (χ0) is 18.0. The molecular weight excluding hydrogens is 316 g/mol. The number of carbonyl (C=O) groups excluding carboxylic acids is 1. The second-order valence-corrected chi connectivity index (χ2v) is 7.77. The first kappa shape index (κ1) is 18.2. The smallest absolute Gasteiger partial charge is 0.312 e. The minimum Gasteiger partial charge on any atom is -0.489 e. The molecule has 0 aromatic carbocycles. The third-order valence-electron chi connectivity index (χ3n) is 5.86. The molecule has 0 saturated carbocycles. The molecule has 0 spiro atoms. The average molecular weight is 346 g/mol. The van der Waals surface area contributed by atoms with Crippen LogP contribution in [0.4, 0.5) is 0 Å². The first-order chi connectivity index (χ1) is 12.0. The summed E-state index contributed by atoms with van der Waals surface area (Å²) in [7, 11) is 0. The van der Waals surface area contributed by atoms with Gasteiger partial charge in [-0.1, -0.05) is 32.3 Å². The first-order valence-electron chi connectivity index (χ1n) is 9.57. The van der Waals surface area contributed by atoms with E-state index in [1.54, 1.807) is 0 Å². The van der Waals surface area contributed by atoms with E-state index in [1.165, 1.54) is 11.1 Å². The van der Waals surface area contributed by atoms with Gasteiger partial charge in [-0.3, -0.25) is 4.79 Å². The summed E-state index contributed by atoms with van der Waals surface area (Å²) in [5.74, 6) is 0.277. The Morgan fingerprint density at radius 3 is 2.96 bits per heavy atom. The molecule has 25 heavy (non-hydrogen) atoms. The zero-order valence-corrected chi connectivity index (χ0v) is 15.6. The van der Waals surface area contributed by atoms with E-state index in [0.29, 0.717) is 19.4 Å². The lowest BCUT2D eigenvalue weighted by atomic mass is 9.68. The molecule has 1 fully saturated rings. The molecule has 4 nitrogen and oxygen atoms in total. The highest BCUT2D eigenvalue weighted by Crippen LogP contribution is 2.51. The summed E-state index contributed by atoms with van der Waals surface area (Å²) in [5, 5.41) is 10.7. The van der Waals surface area contributed by atoms with Crippen molar-refractivity contribution in [3.63, 3.8) is 0 Å². The van der Waals surface area contributed by atoms with Crippen molar-refractivity contribution in [1.29, 1.82) is 0 Å². The molecule has 1 aliphatic carbocycles. The van der Waals surface area contributed by atoms with Crippen LogP contribution in [-0.4, -0.2) is 29.4 Å². The predicted octanol–water partition coefficient (Wildman–Crippen LogP) is 4.06. The van der Waals surface area contributed by atoms with Gasteiger partial charge in [0.25, 0.3) is 0 Å². The van der Waals surface area contributed by atoms with Crippen molar-refractivity contribution in [3.05, 3.63) is 35.1 Å². The van der Waals surface area contributed by atoms with E-state index in [0.717, 1.165) is 31.4 Å². The van der Waals surface area contributed by atoms with Crippen molar-refractivity contribution >= 4 is 5.97 Å². The molecule has 2 heterocycles. The van der Waals surface area contributed by atoms with Gasteiger partial charge >= 0.3 is 5.97 Å². The molecule has 1 saturated heterocycles. The van der Waals surface area contributed by atoms with Crippen molar-refractivity contribution in [2.45, 2.75) is 71.0 Å². The summed E-state index contributed by atoms with van der Waals surface area (Å²) in [6.07, 6.45) is 10.7. The van der Waals surface area contributed by atoms with E-state index < -0.39 is 17.6 Å². The van der Waals surface area contributed by atoms with Crippen LogP contribution < -0.4 is 0 Å². The second kappa shape index (κ2) is 7.36. The highest BCUT2D eigenvalue weighted by molar-refractivity contribution is 5.77. The second-order valence-electron chi connectivity index (χ2n) is 7.77. The molecule has 4 heteroatoms. The Hall–Kier alpha value is -1.55. The minimum absolute atomic E-state index is 0.0385. The highest BCUT2D eigenvalue weighted by Gasteiger charge is 2.57. The number of allylic oxidation sites excluding steroid dienone is 4. The van der Waals surface area contributed by atoms with Crippen LogP contribution in [0.15, 0.2) is 35.1 Å². The third-order valence-corrected chi connectivity index (χ3v) is 5.86. The first-order valence-corrected chi connectivity index (χ1v) is 9.57. The molecule has 138 valence electrons. The van der Waals surface area contributed by atoms with Gasteiger partial charge in [-0.15, -0.1) is 0 Å². The maximum atomic E-state index is 12.5. The highest BCUT2D eigenvalue weighted by atomic mass is 16.6. The predicted molar refractivity (Wildman–Crippen MR) is 96.7 cm³/mol. The molecule has 4 atom stereocenters. The molecule has 0 radical (unpaired) electrons. The monoisotopic (exact) mass is 346 g/mol. The number of aliphatic hydroxyl groups excluding tert-OH is 1. The van der Waals surface area contributed by atoms with Crippen LogP contribution in [0.1, 0.15) is 59.3 Å². The number of esters is 1. The summed E-state index contributed by atoms with van der Waals surface area (Å²) in [4.78, 5) is 12.5. The van der Waals surface area contributed by atoms with Crippen molar-refractivity contribution in [3.8, 4) is 0 Å². The minimum atomic E-state index is -0.605. The Morgan fingerprint density at radius 1 is 1.44 bits per heavy atom. The summed E-state index contributed by atoms with van der Waals surface area (Å²) in [6, 6.07) is 0. The van der Waals surface area contributed by atoms with E-state index in [2.05, 4.69) is 13.0 Å². The SMILES string of the molecule is C/C=C/C1=CC2=C(CO1)C[C@]1(C)OC(=O)[C@H](C(O)CCCCC)[C@H]1C2. The Bertz CT molecular complexity index is 615. The van der Waals surface area contributed by atoms with Crippen LogP contribution in [0.3, 0.4) is 0 Å². The summed E-state index contributed by atoms with van der Waals surface area (Å²) in [5.41, 5.74) is 1.97. The number of aliphatic hydroxyl groups is 1. The third kappa shape index (κ3) is 3.55. The van der Waals surface area contributed by atoms with E-state index in [-0.39, 0.29) is 11.9 Å². The van der Waals surface area contributed by atoms with Crippen LogP contribution in [0.25, 0.3) is 0 Å². The van der Waals surface area contributed by atoms with E-state index in [4.69, 9.17) is 9.47 Å². The summed E-state index contributed by atoms with van der Waals surface area (Å²) >= 11 is 0. The van der Waals surface area contributed by atoms with Gasteiger partial charge < -0.3 is 14.6 Å². The molecule has 0 aromatic rings. The van der Waals surface area contributed by atoms with Crippen LogP contribution in [0.5, 0.6) is 0 Å². The number of hydrogen-bond donors (Lipinski definition) is 1. The standard InChI is InChI=1S/C21H30O4/c1-4-6-7-9-18(22)19-17-11-14-10-16(8-5-2)24-13-15(14)12-21(17,3)25-20(19)23/h5,8,10,17-19,22H,4,6-7,9,11-13H2,1-3H3/b8-5+/t17-,18?,19+,21+/m1/s1. The van der Waals surface area contributed by atoms with Crippen molar-refractivity contribution in [2.75, 3.05) is 6.61 Å². The molecule has 3 aliphatic rings. The molecule has 0 aromatic heterocycles. The van der Waals surface area contributed by atoms with Gasteiger partial charge in [0.05, 0.1) is 12.0 Å². The lowest BCUT2D eigenvalue weighted by Gasteiger charge is -2.39. The maximum absolute atomic E-state index is 12.5. The van der Waals surface area contributed by atoms with Gasteiger partial charge in [-0.2, -0.15) is 0 Å². The van der Waals surface area contributed by atoms with Crippen LogP contribution in [0.2, 0.25) is 0 Å².